The van der Waals surface area contributed by atoms with Crippen LogP contribution in [-0.2, 0) is 6.18 Å². The highest BCUT2D eigenvalue weighted by Crippen LogP contribution is 2.40. The number of hydrogen-bond donors (Lipinski definition) is 0. The molecule has 226 valence electrons. The van der Waals surface area contributed by atoms with E-state index in [2.05, 4.69) is 4.98 Å². The maximum absolute atomic E-state index is 13.9. The Morgan fingerprint density at radius 2 is 1.11 bits per heavy atom. The quantitative estimate of drug-likeness (QED) is 0.192. The van der Waals surface area contributed by atoms with Gasteiger partial charge in [0.05, 0.1) is 22.3 Å². The van der Waals surface area contributed by atoms with E-state index in [0.29, 0.717) is 45.0 Å². The van der Waals surface area contributed by atoms with Gasteiger partial charge >= 0.3 is 6.18 Å². The molecule has 0 atom stereocenters. The van der Waals surface area contributed by atoms with Crippen molar-refractivity contribution >= 4 is 21.8 Å². The van der Waals surface area contributed by atoms with Gasteiger partial charge in [-0.25, -0.2) is 15.0 Å². The van der Waals surface area contributed by atoms with E-state index >= 15 is 0 Å². The van der Waals surface area contributed by atoms with Gasteiger partial charge in [-0.1, -0.05) is 91.0 Å². The molecule has 0 aliphatic heterocycles. The predicted molar refractivity (Wildman–Crippen MR) is 179 cm³/mol. The number of nitrogens with zero attached hydrogens (tertiary/aromatic N) is 5. The van der Waals surface area contributed by atoms with Crippen LogP contribution in [0.2, 0.25) is 0 Å². The summed E-state index contributed by atoms with van der Waals surface area (Å²) >= 11 is 0. The molecule has 0 aliphatic rings. The van der Waals surface area contributed by atoms with Crippen molar-refractivity contribution in [3.05, 3.63) is 151 Å². The highest BCUT2D eigenvalue weighted by Gasteiger charge is 2.31. The molecule has 0 unspecified atom stereocenters. The summed E-state index contributed by atoms with van der Waals surface area (Å²) in [6.45, 7) is 0. The lowest BCUT2D eigenvalue weighted by molar-refractivity contribution is -0.137. The van der Waals surface area contributed by atoms with Crippen molar-refractivity contribution in [1.82, 2.24) is 24.5 Å². The van der Waals surface area contributed by atoms with Crippen LogP contribution >= 0.6 is 0 Å². The molecule has 0 aliphatic carbocycles. The Kier molecular flexibility index (Phi) is 6.83. The van der Waals surface area contributed by atoms with Crippen LogP contribution < -0.4 is 0 Å². The molecule has 0 spiro atoms. The number of aromatic nitrogens is 5. The van der Waals surface area contributed by atoms with E-state index < -0.39 is 11.7 Å². The number of alkyl halides is 3. The van der Waals surface area contributed by atoms with Crippen molar-refractivity contribution in [2.24, 2.45) is 0 Å². The van der Waals surface area contributed by atoms with E-state index in [9.17, 15) is 13.2 Å². The molecule has 5 aromatic carbocycles. The Hall–Kier alpha value is -6.15. The molecule has 0 radical (unpaired) electrons. The number of fused-ring (bicyclic) bond motifs is 3. The molecule has 0 amide bonds. The highest BCUT2D eigenvalue weighted by molar-refractivity contribution is 6.10. The fourth-order valence-corrected chi connectivity index (χ4v) is 5.96. The molecule has 0 bridgehead atoms. The molecule has 0 saturated heterocycles. The largest absolute Gasteiger partial charge is 0.416 e. The van der Waals surface area contributed by atoms with Gasteiger partial charge in [0.1, 0.15) is 0 Å². The molecule has 8 heteroatoms. The first kappa shape index (κ1) is 28.3. The summed E-state index contributed by atoms with van der Waals surface area (Å²) in [7, 11) is 0. The van der Waals surface area contributed by atoms with Crippen molar-refractivity contribution in [3.8, 4) is 51.0 Å². The summed E-state index contributed by atoms with van der Waals surface area (Å²) in [5, 5.41) is 1.21. The summed E-state index contributed by atoms with van der Waals surface area (Å²) in [6, 6.07) is 40.6. The fourth-order valence-electron chi connectivity index (χ4n) is 5.96. The molecule has 0 N–H and O–H groups in total. The van der Waals surface area contributed by atoms with Crippen LogP contribution in [0.25, 0.3) is 72.8 Å². The Morgan fingerprint density at radius 3 is 1.77 bits per heavy atom. The maximum Gasteiger partial charge on any atom is 0.416 e. The van der Waals surface area contributed by atoms with Crippen molar-refractivity contribution in [1.29, 1.82) is 0 Å². The van der Waals surface area contributed by atoms with Crippen LogP contribution in [0.5, 0.6) is 0 Å². The monoisotopic (exact) mass is 619 g/mol. The van der Waals surface area contributed by atoms with Gasteiger partial charge in [-0.05, 0) is 48.0 Å². The minimum Gasteiger partial charge on any atom is -0.309 e. The van der Waals surface area contributed by atoms with Crippen molar-refractivity contribution < 1.29 is 13.2 Å². The van der Waals surface area contributed by atoms with Crippen LogP contribution in [0.4, 0.5) is 13.2 Å². The maximum atomic E-state index is 13.9. The first-order valence-corrected chi connectivity index (χ1v) is 15.0. The van der Waals surface area contributed by atoms with Crippen LogP contribution in [0.1, 0.15) is 5.56 Å². The molecule has 47 heavy (non-hydrogen) atoms. The van der Waals surface area contributed by atoms with E-state index in [1.165, 1.54) is 12.1 Å². The number of pyridine rings is 1. The topological polar surface area (TPSA) is 56.5 Å². The van der Waals surface area contributed by atoms with Gasteiger partial charge in [-0.15, -0.1) is 0 Å². The lowest BCUT2D eigenvalue weighted by Crippen LogP contribution is -2.05. The van der Waals surface area contributed by atoms with Gasteiger partial charge in [0.15, 0.2) is 17.5 Å². The average Bonchev–Trinajstić information content (AvgIpc) is 3.45. The normalized spacial score (nSPS) is 11.7. The summed E-state index contributed by atoms with van der Waals surface area (Å²) in [5.41, 5.74) is 5.55. The standard InChI is InChI=1S/C39H24F3N5/c40-39(41,42)29-18-20-34-31(23-29)30-15-7-8-16-33(30)47(34)35-19-17-27(28-14-9-21-43-24-28)22-32(35)38-45-36(25-10-3-1-4-11-25)44-37(46-38)26-12-5-2-6-13-26/h1-24H. The first-order chi connectivity index (χ1) is 22.9. The predicted octanol–water partition coefficient (Wildman–Crippen LogP) is 10.1. The average molecular weight is 620 g/mol. The van der Waals surface area contributed by atoms with Crippen LogP contribution in [0, 0.1) is 0 Å². The second-order valence-corrected chi connectivity index (χ2v) is 11.1. The fraction of sp³-hybridized carbons (Fsp3) is 0.0256. The third kappa shape index (κ3) is 5.19. The Balaban J connectivity index is 1.45. The third-order valence-corrected chi connectivity index (χ3v) is 8.17. The number of halogens is 3. The highest BCUT2D eigenvalue weighted by atomic mass is 19.4. The lowest BCUT2D eigenvalue weighted by atomic mass is 10.0. The lowest BCUT2D eigenvalue weighted by Gasteiger charge is -2.16. The number of rotatable bonds is 5. The number of hydrogen-bond acceptors (Lipinski definition) is 4. The molecular formula is C39H24F3N5. The number of benzene rings is 5. The van der Waals surface area contributed by atoms with Crippen molar-refractivity contribution in [2.75, 3.05) is 0 Å². The smallest absolute Gasteiger partial charge is 0.309 e. The third-order valence-electron chi connectivity index (χ3n) is 8.17. The Bertz CT molecular complexity index is 2330. The second kappa shape index (κ2) is 11.3. The van der Waals surface area contributed by atoms with E-state index in [4.69, 9.17) is 15.0 Å². The Morgan fingerprint density at radius 1 is 0.489 bits per heavy atom. The van der Waals surface area contributed by atoms with Gasteiger partial charge in [-0.2, -0.15) is 13.2 Å². The van der Waals surface area contributed by atoms with Gasteiger partial charge in [0.25, 0.3) is 0 Å². The minimum absolute atomic E-state index is 0.427. The molecule has 0 saturated carbocycles. The van der Waals surface area contributed by atoms with Gasteiger partial charge < -0.3 is 4.57 Å². The van der Waals surface area contributed by atoms with Crippen LogP contribution in [0.15, 0.2) is 146 Å². The summed E-state index contributed by atoms with van der Waals surface area (Å²) in [6.07, 6.45) is -0.965. The van der Waals surface area contributed by atoms with Gasteiger partial charge in [0.2, 0.25) is 0 Å². The number of para-hydroxylation sites is 1. The second-order valence-electron chi connectivity index (χ2n) is 11.1. The van der Waals surface area contributed by atoms with E-state index in [1.54, 1.807) is 12.4 Å². The molecule has 3 heterocycles. The molecule has 0 fully saturated rings. The minimum atomic E-state index is -4.47. The van der Waals surface area contributed by atoms with Crippen LogP contribution in [-0.4, -0.2) is 24.5 Å². The first-order valence-electron chi connectivity index (χ1n) is 15.0. The molecular weight excluding hydrogens is 595 g/mol. The summed E-state index contributed by atoms with van der Waals surface area (Å²) in [5.74, 6) is 1.43. The zero-order valence-electron chi connectivity index (χ0n) is 24.7. The summed E-state index contributed by atoms with van der Waals surface area (Å²) in [4.78, 5) is 19.2. The molecule has 5 nitrogen and oxygen atoms in total. The molecule has 8 aromatic rings. The SMILES string of the molecule is FC(F)(F)c1ccc2c(c1)c1ccccc1n2-c1ccc(-c2cccnc2)cc1-c1nc(-c2ccccc2)nc(-c2ccccc2)n1. The molecule has 8 rings (SSSR count). The summed E-state index contributed by atoms with van der Waals surface area (Å²) < 4.78 is 43.6. The van der Waals surface area contributed by atoms with E-state index in [0.717, 1.165) is 33.8 Å². The van der Waals surface area contributed by atoms with Gasteiger partial charge in [0, 0.05) is 45.4 Å². The van der Waals surface area contributed by atoms with E-state index in [1.807, 2.05) is 120 Å². The van der Waals surface area contributed by atoms with Gasteiger partial charge in [-0.3, -0.25) is 4.98 Å². The van der Waals surface area contributed by atoms with Crippen LogP contribution in [0.3, 0.4) is 0 Å². The molecule has 3 aromatic heterocycles. The van der Waals surface area contributed by atoms with Crippen molar-refractivity contribution in [3.63, 3.8) is 0 Å². The zero-order chi connectivity index (χ0) is 32.0. The van der Waals surface area contributed by atoms with E-state index in [-0.39, 0.29) is 0 Å². The van der Waals surface area contributed by atoms with Crippen molar-refractivity contribution in [2.45, 2.75) is 6.18 Å². The zero-order valence-corrected chi connectivity index (χ0v) is 24.7. The Labute approximate surface area is 267 Å².